The summed E-state index contributed by atoms with van der Waals surface area (Å²) in [6.07, 6.45) is 3.70. The summed E-state index contributed by atoms with van der Waals surface area (Å²) in [4.78, 5) is 13.3. The minimum Gasteiger partial charge on any atom is -0.463 e. The van der Waals surface area contributed by atoms with Crippen molar-refractivity contribution in [2.24, 2.45) is 0 Å². The third kappa shape index (κ3) is 3.52. The lowest BCUT2D eigenvalue weighted by Crippen LogP contribution is -2.36. The zero-order valence-electron chi connectivity index (χ0n) is 10.1. The van der Waals surface area contributed by atoms with Gasteiger partial charge in [0.25, 0.3) is 0 Å². The molecule has 0 spiro atoms. The fraction of sp³-hybridized carbons (Fsp3) is 0.750. The second-order valence-corrected chi connectivity index (χ2v) is 4.19. The van der Waals surface area contributed by atoms with Gasteiger partial charge in [-0.25, -0.2) is 4.79 Å². The molecule has 2 aliphatic heterocycles. The summed E-state index contributed by atoms with van der Waals surface area (Å²) < 4.78 is 16.0. The quantitative estimate of drug-likeness (QED) is 0.520. The zero-order valence-corrected chi connectivity index (χ0v) is 10.1. The molecule has 0 aromatic carbocycles. The van der Waals surface area contributed by atoms with Crippen molar-refractivity contribution in [3.05, 3.63) is 12.2 Å². The van der Waals surface area contributed by atoms with Crippen LogP contribution in [-0.2, 0) is 19.0 Å². The molecule has 2 saturated heterocycles. The summed E-state index contributed by atoms with van der Waals surface area (Å²) in [6.45, 7) is 6.07. The van der Waals surface area contributed by atoms with Crippen LogP contribution < -0.4 is 0 Å². The number of rotatable bonds is 4. The zero-order chi connectivity index (χ0) is 12.1. The molecule has 2 atom stereocenters. The lowest BCUT2D eigenvalue weighted by molar-refractivity contribution is -0.137. The first kappa shape index (κ1) is 12.5. The molecule has 0 unspecified atom stereocenters. The summed E-state index contributed by atoms with van der Waals surface area (Å²) in [5.41, 5.74) is 0. The van der Waals surface area contributed by atoms with Gasteiger partial charge in [0, 0.05) is 25.7 Å². The first-order valence-electron chi connectivity index (χ1n) is 6.08. The normalized spacial score (nSPS) is 29.5. The predicted molar refractivity (Wildman–Crippen MR) is 61.7 cm³/mol. The van der Waals surface area contributed by atoms with Crippen molar-refractivity contribution < 1.29 is 19.0 Å². The van der Waals surface area contributed by atoms with Gasteiger partial charge in [-0.3, -0.25) is 4.90 Å². The smallest absolute Gasteiger partial charge is 0.330 e. The van der Waals surface area contributed by atoms with Gasteiger partial charge in [0.2, 0.25) is 0 Å². The van der Waals surface area contributed by atoms with Crippen LogP contribution in [0.4, 0.5) is 0 Å². The molecule has 2 heterocycles. The minimum absolute atomic E-state index is 0.194. The minimum atomic E-state index is -0.281. The van der Waals surface area contributed by atoms with Crippen LogP contribution >= 0.6 is 0 Å². The Bertz CT molecular complexity index is 278. The predicted octanol–water partition coefficient (Wildman–Crippen LogP) is 0.205. The number of carbonyl (C=O) groups is 1. The van der Waals surface area contributed by atoms with Crippen LogP contribution in [0.3, 0.4) is 0 Å². The summed E-state index contributed by atoms with van der Waals surface area (Å²) in [5, 5.41) is 0. The maximum absolute atomic E-state index is 11.1. The monoisotopic (exact) mass is 241 g/mol. The molecule has 2 fully saturated rings. The van der Waals surface area contributed by atoms with Crippen LogP contribution in [0.2, 0.25) is 0 Å². The topological polar surface area (TPSA) is 48.0 Å². The van der Waals surface area contributed by atoms with Gasteiger partial charge in [-0.1, -0.05) is 6.08 Å². The van der Waals surface area contributed by atoms with Crippen molar-refractivity contribution in [2.75, 3.05) is 39.5 Å². The second-order valence-electron chi connectivity index (χ2n) is 4.19. The molecule has 2 rings (SSSR count). The van der Waals surface area contributed by atoms with Gasteiger partial charge in [0.15, 0.2) is 0 Å². The number of ether oxygens (including phenoxy) is 3. The molecule has 0 bridgehead atoms. The van der Waals surface area contributed by atoms with Crippen molar-refractivity contribution in [3.8, 4) is 0 Å². The van der Waals surface area contributed by atoms with E-state index in [9.17, 15) is 4.79 Å². The lowest BCUT2D eigenvalue weighted by Gasteiger charge is -2.24. The Morgan fingerprint density at radius 2 is 2.00 bits per heavy atom. The SMILES string of the molecule is CCOC(=O)/C=C/CN1C[C@@H]2OCCO[C@@H]2C1. The highest BCUT2D eigenvalue weighted by molar-refractivity contribution is 5.81. The van der Waals surface area contributed by atoms with Crippen molar-refractivity contribution in [1.29, 1.82) is 0 Å². The number of carbonyl (C=O) groups excluding carboxylic acids is 1. The molecule has 17 heavy (non-hydrogen) atoms. The molecule has 0 aliphatic carbocycles. The van der Waals surface area contributed by atoms with Crippen molar-refractivity contribution in [1.82, 2.24) is 4.90 Å². The van der Waals surface area contributed by atoms with E-state index in [4.69, 9.17) is 14.2 Å². The summed E-state index contributed by atoms with van der Waals surface area (Å²) in [6, 6.07) is 0. The van der Waals surface area contributed by atoms with E-state index in [1.807, 2.05) is 6.08 Å². The third-order valence-electron chi connectivity index (χ3n) is 2.94. The Kier molecular flexibility index (Phi) is 4.53. The van der Waals surface area contributed by atoms with Gasteiger partial charge < -0.3 is 14.2 Å². The number of fused-ring (bicyclic) bond motifs is 1. The molecule has 0 radical (unpaired) electrons. The lowest BCUT2D eigenvalue weighted by atomic mass is 10.2. The number of hydrogen-bond acceptors (Lipinski definition) is 5. The first-order valence-corrected chi connectivity index (χ1v) is 6.08. The Labute approximate surface area is 101 Å². The number of esters is 1. The molecular weight excluding hydrogens is 222 g/mol. The molecule has 0 saturated carbocycles. The van der Waals surface area contributed by atoms with Crippen LogP contribution in [0.1, 0.15) is 6.92 Å². The Morgan fingerprint density at radius 3 is 2.59 bits per heavy atom. The molecule has 2 aliphatic rings. The summed E-state index contributed by atoms with van der Waals surface area (Å²) >= 11 is 0. The Morgan fingerprint density at radius 1 is 1.35 bits per heavy atom. The average molecular weight is 241 g/mol. The first-order chi connectivity index (χ1) is 8.29. The summed E-state index contributed by atoms with van der Waals surface area (Å²) in [7, 11) is 0. The maximum atomic E-state index is 11.1. The molecule has 0 N–H and O–H groups in total. The molecule has 96 valence electrons. The molecule has 0 amide bonds. The van der Waals surface area contributed by atoms with E-state index in [0.717, 1.165) is 19.6 Å². The third-order valence-corrected chi connectivity index (χ3v) is 2.94. The van der Waals surface area contributed by atoms with E-state index in [2.05, 4.69) is 4.90 Å². The largest absolute Gasteiger partial charge is 0.463 e. The van der Waals surface area contributed by atoms with Crippen LogP contribution in [0, 0.1) is 0 Å². The van der Waals surface area contributed by atoms with E-state index in [1.54, 1.807) is 6.92 Å². The second kappa shape index (κ2) is 6.14. The Hall–Kier alpha value is -0.910. The fourth-order valence-electron chi connectivity index (χ4n) is 2.18. The van der Waals surface area contributed by atoms with E-state index in [0.29, 0.717) is 19.8 Å². The van der Waals surface area contributed by atoms with Crippen LogP contribution in [0.25, 0.3) is 0 Å². The van der Waals surface area contributed by atoms with Gasteiger partial charge in [-0.2, -0.15) is 0 Å². The number of hydrogen-bond donors (Lipinski definition) is 0. The molecular formula is C12H19NO4. The van der Waals surface area contributed by atoms with Crippen molar-refractivity contribution in [3.63, 3.8) is 0 Å². The highest BCUT2D eigenvalue weighted by atomic mass is 16.6. The average Bonchev–Trinajstić information content (AvgIpc) is 2.71. The van der Waals surface area contributed by atoms with Gasteiger partial charge in [0.05, 0.1) is 32.0 Å². The number of likely N-dealkylation sites (tertiary alicyclic amines) is 1. The standard InChI is InChI=1S/C12H19NO4/c1-2-15-12(14)4-3-5-13-8-10-11(9-13)17-7-6-16-10/h3-4,10-11H,2,5-9H2,1H3/b4-3+/t10-,11+. The van der Waals surface area contributed by atoms with Gasteiger partial charge in [0.1, 0.15) is 0 Å². The molecule has 5 nitrogen and oxygen atoms in total. The van der Waals surface area contributed by atoms with Crippen molar-refractivity contribution in [2.45, 2.75) is 19.1 Å². The molecule has 5 heteroatoms. The summed E-state index contributed by atoms with van der Waals surface area (Å²) in [5.74, 6) is -0.281. The Balaban J connectivity index is 1.72. The van der Waals surface area contributed by atoms with Crippen molar-refractivity contribution >= 4 is 5.97 Å². The highest BCUT2D eigenvalue weighted by Gasteiger charge is 2.35. The fourth-order valence-corrected chi connectivity index (χ4v) is 2.18. The van der Waals surface area contributed by atoms with E-state index < -0.39 is 0 Å². The van der Waals surface area contributed by atoms with Crippen LogP contribution in [-0.4, -0.2) is 62.5 Å². The van der Waals surface area contributed by atoms with E-state index in [1.165, 1.54) is 6.08 Å². The van der Waals surface area contributed by atoms with Gasteiger partial charge >= 0.3 is 5.97 Å². The van der Waals surface area contributed by atoms with Gasteiger partial charge in [-0.15, -0.1) is 0 Å². The maximum Gasteiger partial charge on any atom is 0.330 e. The van der Waals surface area contributed by atoms with E-state index >= 15 is 0 Å². The van der Waals surface area contributed by atoms with Crippen LogP contribution in [0.15, 0.2) is 12.2 Å². The molecule has 0 aromatic rings. The van der Waals surface area contributed by atoms with Crippen LogP contribution in [0.5, 0.6) is 0 Å². The highest BCUT2D eigenvalue weighted by Crippen LogP contribution is 2.19. The molecule has 0 aromatic heterocycles. The van der Waals surface area contributed by atoms with E-state index in [-0.39, 0.29) is 18.2 Å². The number of nitrogens with zero attached hydrogens (tertiary/aromatic N) is 1. The van der Waals surface area contributed by atoms with Gasteiger partial charge in [-0.05, 0) is 6.92 Å².